The first-order valence-corrected chi connectivity index (χ1v) is 3.79. The maximum atomic E-state index is 5.09. The fourth-order valence-electron chi connectivity index (χ4n) is 0.626. The second kappa shape index (κ2) is 5.70. The molecule has 11 heavy (non-hydrogen) atoms. The third-order valence-electron chi connectivity index (χ3n) is 1.23. The van der Waals surface area contributed by atoms with Gasteiger partial charge < -0.3 is 11.5 Å². The smallest absolute Gasteiger partial charge is 0.211 e. The van der Waals surface area contributed by atoms with Gasteiger partial charge in [-0.25, -0.2) is 0 Å². The summed E-state index contributed by atoms with van der Waals surface area (Å²) in [5.74, 6) is 0.0147. The monoisotopic (exact) mass is 156 g/mol. The van der Waals surface area contributed by atoms with Gasteiger partial charge in [-0.3, -0.25) is 0 Å². The lowest BCUT2D eigenvalue weighted by Crippen LogP contribution is -2.22. The van der Waals surface area contributed by atoms with Crippen LogP contribution in [0.4, 0.5) is 0 Å². The lowest BCUT2D eigenvalue weighted by molar-refractivity contribution is 0.830. The van der Waals surface area contributed by atoms with E-state index in [1.54, 1.807) is 0 Å². The Labute approximate surface area is 67.4 Å². The third kappa shape index (κ3) is 6.83. The first-order valence-electron chi connectivity index (χ1n) is 3.79. The van der Waals surface area contributed by atoms with Crippen molar-refractivity contribution in [1.82, 2.24) is 0 Å². The molecule has 0 aromatic carbocycles. The fourth-order valence-corrected chi connectivity index (χ4v) is 0.626. The van der Waals surface area contributed by atoms with Gasteiger partial charge in [0.1, 0.15) is 0 Å². The van der Waals surface area contributed by atoms with E-state index < -0.39 is 0 Å². The van der Waals surface area contributed by atoms with Crippen LogP contribution in [0.2, 0.25) is 0 Å². The van der Waals surface area contributed by atoms with Gasteiger partial charge in [0, 0.05) is 5.71 Å². The Hall–Kier alpha value is -1.06. The first kappa shape index (κ1) is 9.94. The summed E-state index contributed by atoms with van der Waals surface area (Å²) >= 11 is 0. The van der Waals surface area contributed by atoms with Crippen LogP contribution in [-0.2, 0) is 0 Å². The summed E-state index contributed by atoms with van der Waals surface area (Å²) in [5.41, 5.74) is 11.2. The average Bonchev–Trinajstić information content (AvgIpc) is 1.97. The molecule has 64 valence electrons. The van der Waals surface area contributed by atoms with Crippen LogP contribution in [0.5, 0.6) is 0 Å². The summed E-state index contributed by atoms with van der Waals surface area (Å²) in [6.07, 6.45) is 3.26. The number of nitrogens with two attached hydrogens (primary N) is 2. The lowest BCUT2D eigenvalue weighted by atomic mass is 10.2. The van der Waals surface area contributed by atoms with Crippen LogP contribution in [0, 0.1) is 0 Å². The van der Waals surface area contributed by atoms with E-state index in [0.717, 1.165) is 25.0 Å². The fraction of sp³-hybridized carbons (Fsp3) is 0.714. The number of guanidine groups is 1. The van der Waals surface area contributed by atoms with E-state index in [-0.39, 0.29) is 5.96 Å². The van der Waals surface area contributed by atoms with Crippen LogP contribution in [0.3, 0.4) is 0 Å². The molecule has 0 bridgehead atoms. The van der Waals surface area contributed by atoms with Crippen molar-refractivity contribution in [2.45, 2.75) is 33.1 Å². The SMILES string of the molecule is CCCC/C(C)=N/N=C(N)N. The van der Waals surface area contributed by atoms with Gasteiger partial charge in [-0.2, -0.15) is 5.10 Å². The highest BCUT2D eigenvalue weighted by molar-refractivity contribution is 5.83. The molecule has 0 saturated carbocycles. The summed E-state index contributed by atoms with van der Waals surface area (Å²) in [6, 6.07) is 0. The van der Waals surface area contributed by atoms with Gasteiger partial charge in [-0.15, -0.1) is 5.10 Å². The van der Waals surface area contributed by atoms with Crippen LogP contribution in [0.1, 0.15) is 33.1 Å². The Bertz CT molecular complexity index is 156. The Kier molecular flexibility index (Phi) is 5.15. The first-order chi connectivity index (χ1) is 5.16. The molecular weight excluding hydrogens is 140 g/mol. The molecule has 0 rings (SSSR count). The van der Waals surface area contributed by atoms with Gasteiger partial charge in [-0.1, -0.05) is 13.3 Å². The quantitative estimate of drug-likeness (QED) is 0.359. The summed E-state index contributed by atoms with van der Waals surface area (Å²) in [6.45, 7) is 4.05. The molecule has 0 aromatic rings. The molecule has 0 spiro atoms. The van der Waals surface area contributed by atoms with Gasteiger partial charge in [-0.05, 0) is 19.8 Å². The molecule has 0 heterocycles. The Balaban J connectivity index is 3.72. The highest BCUT2D eigenvalue weighted by Gasteiger charge is 1.88. The Morgan fingerprint density at radius 1 is 1.27 bits per heavy atom. The van der Waals surface area contributed by atoms with Crippen molar-refractivity contribution in [3.8, 4) is 0 Å². The molecular formula is C7H16N4. The second-order valence-corrected chi connectivity index (χ2v) is 2.46. The van der Waals surface area contributed by atoms with Crippen molar-refractivity contribution in [2.24, 2.45) is 21.7 Å². The predicted molar refractivity (Wildman–Crippen MR) is 48.4 cm³/mol. The van der Waals surface area contributed by atoms with Gasteiger partial charge in [0.25, 0.3) is 0 Å². The zero-order valence-corrected chi connectivity index (χ0v) is 7.17. The van der Waals surface area contributed by atoms with E-state index >= 15 is 0 Å². The van der Waals surface area contributed by atoms with E-state index in [2.05, 4.69) is 17.1 Å². The number of rotatable bonds is 4. The highest BCUT2D eigenvalue weighted by Crippen LogP contribution is 1.96. The third-order valence-corrected chi connectivity index (χ3v) is 1.23. The molecule has 0 aliphatic carbocycles. The molecule has 0 aliphatic rings. The molecule has 4 N–H and O–H groups in total. The lowest BCUT2D eigenvalue weighted by Gasteiger charge is -1.94. The Morgan fingerprint density at radius 2 is 1.91 bits per heavy atom. The van der Waals surface area contributed by atoms with Crippen LogP contribution >= 0.6 is 0 Å². The van der Waals surface area contributed by atoms with E-state index in [0.29, 0.717) is 0 Å². The molecule has 0 saturated heterocycles. The molecule has 4 nitrogen and oxygen atoms in total. The molecule has 0 amide bonds. The van der Waals surface area contributed by atoms with Crippen LogP contribution < -0.4 is 11.5 Å². The summed E-state index contributed by atoms with van der Waals surface area (Å²) in [4.78, 5) is 0. The highest BCUT2D eigenvalue weighted by atomic mass is 15.3. The minimum absolute atomic E-state index is 0.0147. The molecule has 0 aliphatic heterocycles. The van der Waals surface area contributed by atoms with Gasteiger partial charge in [0.05, 0.1) is 0 Å². The molecule has 0 radical (unpaired) electrons. The average molecular weight is 156 g/mol. The standard InChI is InChI=1S/C7H16N4/c1-3-4-5-6(2)10-11-7(8)9/h3-5H2,1-2H3,(H4,8,9,11)/b10-6+. The van der Waals surface area contributed by atoms with Crippen molar-refractivity contribution in [1.29, 1.82) is 0 Å². The van der Waals surface area contributed by atoms with Crippen LogP contribution in [0.25, 0.3) is 0 Å². The zero-order valence-electron chi connectivity index (χ0n) is 7.17. The topological polar surface area (TPSA) is 76.8 Å². The van der Waals surface area contributed by atoms with Gasteiger partial charge >= 0.3 is 0 Å². The van der Waals surface area contributed by atoms with E-state index in [1.807, 2.05) is 6.92 Å². The van der Waals surface area contributed by atoms with Crippen LogP contribution in [-0.4, -0.2) is 11.7 Å². The maximum absolute atomic E-state index is 5.09. The van der Waals surface area contributed by atoms with Crippen molar-refractivity contribution >= 4 is 11.7 Å². The second-order valence-electron chi connectivity index (χ2n) is 2.46. The number of hydrogen-bond donors (Lipinski definition) is 2. The maximum Gasteiger partial charge on any atom is 0.211 e. The van der Waals surface area contributed by atoms with E-state index in [1.165, 1.54) is 0 Å². The van der Waals surface area contributed by atoms with Crippen molar-refractivity contribution in [2.75, 3.05) is 0 Å². The van der Waals surface area contributed by atoms with Crippen molar-refractivity contribution in [3.63, 3.8) is 0 Å². The largest absolute Gasteiger partial charge is 0.369 e. The van der Waals surface area contributed by atoms with Gasteiger partial charge in [0.15, 0.2) is 0 Å². The minimum atomic E-state index is 0.0147. The molecule has 0 fully saturated rings. The molecule has 4 heteroatoms. The number of hydrogen-bond acceptors (Lipinski definition) is 2. The minimum Gasteiger partial charge on any atom is -0.369 e. The summed E-state index contributed by atoms with van der Waals surface area (Å²) < 4.78 is 0. The molecule has 0 aromatic heterocycles. The van der Waals surface area contributed by atoms with E-state index in [9.17, 15) is 0 Å². The number of unbranched alkanes of at least 4 members (excludes halogenated alkanes) is 1. The number of nitrogens with zero attached hydrogens (tertiary/aromatic N) is 2. The van der Waals surface area contributed by atoms with Crippen molar-refractivity contribution in [3.05, 3.63) is 0 Å². The predicted octanol–water partition coefficient (Wildman–Crippen LogP) is 0.826. The summed E-state index contributed by atoms with van der Waals surface area (Å²) in [7, 11) is 0. The molecule has 0 unspecified atom stereocenters. The molecule has 0 atom stereocenters. The van der Waals surface area contributed by atoms with Crippen molar-refractivity contribution < 1.29 is 0 Å². The van der Waals surface area contributed by atoms with Crippen LogP contribution in [0.15, 0.2) is 10.2 Å². The zero-order chi connectivity index (χ0) is 8.69. The summed E-state index contributed by atoms with van der Waals surface area (Å²) in [5, 5.41) is 7.35. The van der Waals surface area contributed by atoms with E-state index in [4.69, 9.17) is 11.5 Å². The van der Waals surface area contributed by atoms with Gasteiger partial charge in [0.2, 0.25) is 5.96 Å². The normalized spacial score (nSPS) is 11.3. The Morgan fingerprint density at radius 3 is 2.36 bits per heavy atom.